The first-order valence-corrected chi connectivity index (χ1v) is 3.33. The van der Waals surface area contributed by atoms with E-state index in [2.05, 4.69) is 11.5 Å². The van der Waals surface area contributed by atoms with Gasteiger partial charge in [-0.05, 0) is 6.92 Å². The number of hydrogen-bond donors (Lipinski definition) is 0. The van der Waals surface area contributed by atoms with Crippen molar-refractivity contribution in [2.24, 2.45) is 0 Å². The van der Waals surface area contributed by atoms with Crippen molar-refractivity contribution in [3.05, 3.63) is 28.5 Å². The molecule has 0 atom stereocenters. The predicted molar refractivity (Wildman–Crippen MR) is 37.9 cm³/mol. The van der Waals surface area contributed by atoms with Crippen LogP contribution in [0.4, 0.5) is 0 Å². The summed E-state index contributed by atoms with van der Waals surface area (Å²) in [5, 5.41) is 3.00. The summed E-state index contributed by atoms with van der Waals surface area (Å²) in [6, 6.07) is 3.98. The molecule has 0 N–H and O–H groups in total. The van der Waals surface area contributed by atoms with Gasteiger partial charge in [0.15, 0.2) is 0 Å². The maximum atomic E-state index is 3.00. The Morgan fingerprint density at radius 2 is 2.20 bits per heavy atom. The molecule has 2 radical (unpaired) electrons. The molecule has 1 aromatic heterocycles. The van der Waals surface area contributed by atoms with Gasteiger partial charge in [0.25, 0.3) is 0 Å². The van der Waals surface area contributed by atoms with Gasteiger partial charge in [-0.15, -0.1) is 16.3 Å². The first-order chi connectivity index (χ1) is 3.93. The normalized spacial score (nSPS) is 8.50. The van der Waals surface area contributed by atoms with Crippen molar-refractivity contribution in [1.82, 2.24) is 0 Å². The summed E-state index contributed by atoms with van der Waals surface area (Å²) in [6.07, 6.45) is 4.10. The van der Waals surface area contributed by atoms with Crippen molar-refractivity contribution in [2.45, 2.75) is 6.92 Å². The average Bonchev–Trinajstić information content (AvgIpc) is 2.19. The smallest absolute Gasteiger partial charge is 0 e. The maximum absolute atomic E-state index is 3.00. The summed E-state index contributed by atoms with van der Waals surface area (Å²) in [4.78, 5) is 1.27. The van der Waals surface area contributed by atoms with Crippen molar-refractivity contribution >= 4 is 17.4 Å². The van der Waals surface area contributed by atoms with Crippen LogP contribution in [0.15, 0.2) is 18.2 Å². The fourth-order valence-corrected chi connectivity index (χ4v) is 1.12. The van der Waals surface area contributed by atoms with Gasteiger partial charge in [0.05, 0.1) is 0 Å². The largest absolute Gasteiger partial charge is 0.296 e. The summed E-state index contributed by atoms with van der Waals surface area (Å²) in [6.45, 7) is 2.01. The molecule has 0 aliphatic carbocycles. The topological polar surface area (TPSA) is 0 Å². The van der Waals surface area contributed by atoms with Crippen molar-refractivity contribution in [2.75, 3.05) is 0 Å². The van der Waals surface area contributed by atoms with Gasteiger partial charge < -0.3 is 0 Å². The first kappa shape index (κ1) is 14.2. The molecule has 1 rings (SSSR count). The first-order valence-electron chi connectivity index (χ1n) is 2.52. The Labute approximate surface area is 116 Å². The van der Waals surface area contributed by atoms with Gasteiger partial charge in [-0.25, -0.2) is 0 Å². The van der Waals surface area contributed by atoms with E-state index in [1.165, 1.54) is 4.88 Å². The van der Waals surface area contributed by atoms with Gasteiger partial charge in [-0.1, -0.05) is 6.08 Å². The van der Waals surface area contributed by atoms with E-state index in [-0.39, 0.29) is 65.4 Å². The molecule has 1 aromatic rings. The van der Waals surface area contributed by atoms with Crippen LogP contribution in [-0.2, 0) is 65.4 Å². The molecule has 0 nitrogen and oxygen atoms in total. The molecule has 3 heteroatoms. The van der Waals surface area contributed by atoms with Gasteiger partial charge in [-0.2, -0.15) is 12.1 Å². The Hall–Kier alpha value is 1.65. The van der Waals surface area contributed by atoms with Crippen molar-refractivity contribution < 1.29 is 65.4 Å². The summed E-state index contributed by atoms with van der Waals surface area (Å²) >= 11 is 1.64. The standard InChI is InChI=1S/C7H7S.2Y/c1-2-4-7-5-3-6-8-7;;/h2-5H,1H3;;/q-1;;/b4-2+;;. The fourth-order valence-electron chi connectivity index (χ4n) is 0.506. The molecule has 0 saturated heterocycles. The second kappa shape index (κ2) is 8.74. The van der Waals surface area contributed by atoms with Crippen molar-refractivity contribution in [3.63, 3.8) is 0 Å². The summed E-state index contributed by atoms with van der Waals surface area (Å²) < 4.78 is 0. The van der Waals surface area contributed by atoms with E-state index >= 15 is 0 Å². The third-order valence-electron chi connectivity index (χ3n) is 0.823. The van der Waals surface area contributed by atoms with Gasteiger partial charge in [0.2, 0.25) is 0 Å². The second-order valence-electron chi connectivity index (χ2n) is 1.46. The molecule has 0 spiro atoms. The predicted octanol–water partition coefficient (Wildman–Crippen LogP) is 2.58. The van der Waals surface area contributed by atoms with Crippen molar-refractivity contribution in [1.29, 1.82) is 0 Å². The molecule has 0 aliphatic heterocycles. The molecular formula is C7H7SY2-. The Bertz CT molecular complexity index is 168. The Kier molecular flexibility index (Phi) is 12.4. The van der Waals surface area contributed by atoms with Crippen LogP contribution >= 0.6 is 11.3 Å². The van der Waals surface area contributed by atoms with Crippen molar-refractivity contribution in [3.8, 4) is 0 Å². The molecule has 48 valence electrons. The molecule has 1 heterocycles. The average molecular weight is 301 g/mol. The fraction of sp³-hybridized carbons (Fsp3) is 0.143. The number of allylic oxidation sites excluding steroid dienone is 1. The third-order valence-corrected chi connectivity index (χ3v) is 1.59. The van der Waals surface area contributed by atoms with Gasteiger partial charge in [-0.3, -0.25) is 11.3 Å². The third kappa shape index (κ3) is 5.32. The molecule has 0 aromatic carbocycles. The van der Waals surface area contributed by atoms with E-state index in [0.29, 0.717) is 0 Å². The Balaban J connectivity index is 0. The van der Waals surface area contributed by atoms with E-state index in [1.807, 2.05) is 25.1 Å². The molecule has 0 bridgehead atoms. The van der Waals surface area contributed by atoms with E-state index in [9.17, 15) is 0 Å². The number of rotatable bonds is 1. The molecule has 10 heavy (non-hydrogen) atoms. The van der Waals surface area contributed by atoms with Crippen LogP contribution in [0.1, 0.15) is 11.8 Å². The van der Waals surface area contributed by atoms with Gasteiger partial charge >= 0.3 is 0 Å². The minimum absolute atomic E-state index is 0. The molecule has 0 fully saturated rings. The minimum Gasteiger partial charge on any atom is -0.296 e. The van der Waals surface area contributed by atoms with Crippen LogP contribution in [0.2, 0.25) is 0 Å². The second-order valence-corrected chi connectivity index (χ2v) is 2.37. The zero-order chi connectivity index (χ0) is 5.82. The molecular weight excluding hydrogens is 294 g/mol. The quantitative estimate of drug-likeness (QED) is 0.699. The summed E-state index contributed by atoms with van der Waals surface area (Å²) in [5.41, 5.74) is 0. The zero-order valence-corrected chi connectivity index (χ0v) is 12.4. The van der Waals surface area contributed by atoms with Crippen LogP contribution in [0.3, 0.4) is 0 Å². The van der Waals surface area contributed by atoms with E-state index in [1.54, 1.807) is 11.3 Å². The molecule has 0 unspecified atom stereocenters. The molecule has 0 aliphatic rings. The number of thiophene rings is 1. The summed E-state index contributed by atoms with van der Waals surface area (Å²) in [7, 11) is 0. The molecule has 0 saturated carbocycles. The van der Waals surface area contributed by atoms with Crippen LogP contribution in [-0.4, -0.2) is 0 Å². The summed E-state index contributed by atoms with van der Waals surface area (Å²) in [5.74, 6) is 0. The van der Waals surface area contributed by atoms with E-state index in [0.717, 1.165) is 0 Å². The van der Waals surface area contributed by atoms with Crippen LogP contribution in [0.25, 0.3) is 6.08 Å². The van der Waals surface area contributed by atoms with Crippen LogP contribution in [0, 0.1) is 5.38 Å². The van der Waals surface area contributed by atoms with E-state index in [4.69, 9.17) is 0 Å². The Morgan fingerprint density at radius 3 is 2.60 bits per heavy atom. The minimum atomic E-state index is 0. The Morgan fingerprint density at radius 1 is 1.50 bits per heavy atom. The van der Waals surface area contributed by atoms with E-state index < -0.39 is 0 Å². The molecule has 0 amide bonds. The zero-order valence-electron chi connectivity index (χ0n) is 5.87. The van der Waals surface area contributed by atoms with Crippen LogP contribution < -0.4 is 0 Å². The monoisotopic (exact) mass is 301 g/mol. The SMILES string of the molecule is C/C=C/c1cc[c-]s1.[Y].[Y]. The van der Waals surface area contributed by atoms with Gasteiger partial charge in [0.1, 0.15) is 0 Å². The van der Waals surface area contributed by atoms with Crippen LogP contribution in [0.5, 0.6) is 0 Å². The maximum Gasteiger partial charge on any atom is 0 e. The van der Waals surface area contributed by atoms with Gasteiger partial charge in [0, 0.05) is 65.4 Å². The number of hydrogen-bond acceptors (Lipinski definition) is 1.